The number of piperidine rings is 1. The molecule has 2 aliphatic rings. The summed E-state index contributed by atoms with van der Waals surface area (Å²) in [6.07, 6.45) is 1.72. The molecule has 2 fully saturated rings. The maximum atomic E-state index is 12.8. The predicted octanol–water partition coefficient (Wildman–Crippen LogP) is 1.57. The van der Waals surface area contributed by atoms with Gasteiger partial charge in [-0.2, -0.15) is 0 Å². The highest BCUT2D eigenvalue weighted by molar-refractivity contribution is 6.30. The molecule has 1 amide bonds. The second-order valence-electron chi connectivity index (χ2n) is 6.14. The van der Waals surface area contributed by atoms with Gasteiger partial charge in [0.25, 0.3) is 0 Å². The summed E-state index contributed by atoms with van der Waals surface area (Å²) >= 11 is 5.91. The van der Waals surface area contributed by atoms with Gasteiger partial charge >= 0.3 is 0 Å². The lowest BCUT2D eigenvalue weighted by Crippen LogP contribution is -2.50. The van der Waals surface area contributed by atoms with E-state index in [0.717, 1.165) is 18.4 Å². The molecule has 5 heteroatoms. The second-order valence-corrected chi connectivity index (χ2v) is 6.58. The second kappa shape index (κ2) is 5.59. The fourth-order valence-electron chi connectivity index (χ4n) is 3.20. The molecule has 1 heterocycles. The van der Waals surface area contributed by atoms with Crippen molar-refractivity contribution in [3.05, 3.63) is 34.9 Å². The van der Waals surface area contributed by atoms with Crippen LogP contribution in [0.5, 0.6) is 0 Å². The highest BCUT2D eigenvalue weighted by Crippen LogP contribution is 2.50. The molecule has 1 saturated carbocycles. The SMILES string of the molecule is O=C(N1CC[C@H](CO)[C@H](O)C1)C1(c2ccc(Cl)cc2)CC1. The third-order valence-electron chi connectivity index (χ3n) is 4.80. The number of nitrogens with zero attached hydrogens (tertiary/aromatic N) is 1. The van der Waals surface area contributed by atoms with Crippen molar-refractivity contribution >= 4 is 17.5 Å². The summed E-state index contributed by atoms with van der Waals surface area (Å²) in [4.78, 5) is 14.6. The van der Waals surface area contributed by atoms with Crippen molar-refractivity contribution < 1.29 is 15.0 Å². The van der Waals surface area contributed by atoms with E-state index in [-0.39, 0.29) is 18.4 Å². The van der Waals surface area contributed by atoms with Crippen LogP contribution in [0, 0.1) is 5.92 Å². The van der Waals surface area contributed by atoms with E-state index in [1.165, 1.54) is 0 Å². The van der Waals surface area contributed by atoms with E-state index in [4.69, 9.17) is 11.6 Å². The summed E-state index contributed by atoms with van der Waals surface area (Å²) < 4.78 is 0. The van der Waals surface area contributed by atoms with Crippen molar-refractivity contribution in [3.8, 4) is 0 Å². The van der Waals surface area contributed by atoms with Crippen molar-refractivity contribution in [3.63, 3.8) is 0 Å². The molecule has 0 aromatic heterocycles. The number of benzene rings is 1. The van der Waals surface area contributed by atoms with E-state index >= 15 is 0 Å². The first-order valence-corrected chi connectivity index (χ1v) is 7.79. The van der Waals surface area contributed by atoms with Gasteiger partial charge in [-0.05, 0) is 37.0 Å². The van der Waals surface area contributed by atoms with E-state index in [1.54, 1.807) is 4.90 Å². The zero-order valence-corrected chi connectivity index (χ0v) is 12.6. The Balaban J connectivity index is 1.75. The van der Waals surface area contributed by atoms with Gasteiger partial charge in [-0.1, -0.05) is 23.7 Å². The number of aliphatic hydroxyl groups excluding tert-OH is 2. The van der Waals surface area contributed by atoms with Gasteiger partial charge in [0.15, 0.2) is 0 Å². The molecule has 1 aromatic carbocycles. The lowest BCUT2D eigenvalue weighted by atomic mass is 9.90. The molecule has 0 spiro atoms. The number of hydrogen-bond acceptors (Lipinski definition) is 3. The Kier molecular flexibility index (Phi) is 3.95. The lowest BCUT2D eigenvalue weighted by molar-refractivity contribution is -0.139. The molecule has 3 rings (SSSR count). The number of carbonyl (C=O) groups is 1. The zero-order chi connectivity index (χ0) is 15.0. The fraction of sp³-hybridized carbons (Fsp3) is 0.562. The van der Waals surface area contributed by atoms with E-state index in [2.05, 4.69) is 0 Å². The van der Waals surface area contributed by atoms with Gasteiger partial charge < -0.3 is 15.1 Å². The fourth-order valence-corrected chi connectivity index (χ4v) is 3.33. The number of hydrogen-bond donors (Lipinski definition) is 2. The number of carbonyl (C=O) groups excluding carboxylic acids is 1. The minimum atomic E-state index is -0.631. The number of amides is 1. The molecular formula is C16H20ClNO3. The minimum absolute atomic E-state index is 0.0223. The maximum absolute atomic E-state index is 12.8. The van der Waals surface area contributed by atoms with Crippen molar-refractivity contribution in [2.75, 3.05) is 19.7 Å². The standard InChI is InChI=1S/C16H20ClNO3/c17-13-3-1-12(2-4-13)16(6-7-16)15(21)18-8-5-11(10-19)14(20)9-18/h1-4,11,14,19-20H,5-10H2/t11-,14-/m1/s1. The largest absolute Gasteiger partial charge is 0.396 e. The van der Waals surface area contributed by atoms with Crippen LogP contribution in [-0.2, 0) is 10.2 Å². The van der Waals surface area contributed by atoms with Crippen LogP contribution >= 0.6 is 11.6 Å². The Morgan fingerprint density at radius 2 is 2.00 bits per heavy atom. The maximum Gasteiger partial charge on any atom is 0.233 e. The molecule has 0 bridgehead atoms. The Bertz CT molecular complexity index is 527. The summed E-state index contributed by atoms with van der Waals surface area (Å²) in [6, 6.07) is 7.47. The van der Waals surface area contributed by atoms with E-state index in [1.807, 2.05) is 24.3 Å². The molecule has 1 saturated heterocycles. The number of rotatable bonds is 3. The molecule has 1 aromatic rings. The van der Waals surface area contributed by atoms with Gasteiger partial charge in [-0.25, -0.2) is 0 Å². The van der Waals surface area contributed by atoms with Crippen LogP contribution in [0.3, 0.4) is 0 Å². The highest BCUT2D eigenvalue weighted by Gasteiger charge is 2.53. The Hall–Kier alpha value is -1.10. The van der Waals surface area contributed by atoms with Gasteiger partial charge in [-0.3, -0.25) is 4.79 Å². The Morgan fingerprint density at radius 1 is 1.33 bits per heavy atom. The highest BCUT2D eigenvalue weighted by atomic mass is 35.5. The molecule has 4 nitrogen and oxygen atoms in total. The van der Waals surface area contributed by atoms with Gasteiger partial charge in [0.2, 0.25) is 5.91 Å². The molecule has 21 heavy (non-hydrogen) atoms. The smallest absolute Gasteiger partial charge is 0.233 e. The summed E-state index contributed by atoms with van der Waals surface area (Å²) in [5.74, 6) is -0.0139. The normalized spacial score (nSPS) is 27.5. The topological polar surface area (TPSA) is 60.8 Å². The van der Waals surface area contributed by atoms with E-state index in [0.29, 0.717) is 24.5 Å². The first-order valence-electron chi connectivity index (χ1n) is 7.41. The van der Waals surface area contributed by atoms with Crippen molar-refractivity contribution in [2.45, 2.75) is 30.8 Å². The van der Waals surface area contributed by atoms with Crippen LogP contribution in [0.4, 0.5) is 0 Å². The first kappa shape index (κ1) is 14.8. The first-order chi connectivity index (χ1) is 10.1. The monoisotopic (exact) mass is 309 g/mol. The van der Waals surface area contributed by atoms with E-state index in [9.17, 15) is 15.0 Å². The van der Waals surface area contributed by atoms with Gasteiger partial charge in [0, 0.05) is 30.6 Å². The third kappa shape index (κ3) is 2.68. The van der Waals surface area contributed by atoms with Crippen LogP contribution in [0.2, 0.25) is 5.02 Å². The molecule has 114 valence electrons. The van der Waals surface area contributed by atoms with Crippen molar-refractivity contribution in [1.29, 1.82) is 0 Å². The molecule has 2 atom stereocenters. The lowest BCUT2D eigenvalue weighted by Gasteiger charge is -2.37. The van der Waals surface area contributed by atoms with Gasteiger partial charge in [0.05, 0.1) is 11.5 Å². The molecular weight excluding hydrogens is 290 g/mol. The van der Waals surface area contributed by atoms with Crippen molar-refractivity contribution in [2.24, 2.45) is 5.92 Å². The molecule has 0 radical (unpaired) electrons. The summed E-state index contributed by atoms with van der Waals surface area (Å²) in [7, 11) is 0. The Morgan fingerprint density at radius 3 is 2.52 bits per heavy atom. The average molecular weight is 310 g/mol. The van der Waals surface area contributed by atoms with Crippen molar-refractivity contribution in [1.82, 2.24) is 4.90 Å². The van der Waals surface area contributed by atoms with Crippen LogP contribution in [0.1, 0.15) is 24.8 Å². The van der Waals surface area contributed by atoms with Crippen LogP contribution in [0.25, 0.3) is 0 Å². The number of likely N-dealkylation sites (tertiary alicyclic amines) is 1. The minimum Gasteiger partial charge on any atom is -0.396 e. The molecule has 1 aliphatic heterocycles. The number of β-amino-alcohol motifs (C(OH)–C–C–N with tert-alkyl or cyclic N) is 1. The number of halogens is 1. The summed E-state index contributed by atoms with van der Waals surface area (Å²) in [6.45, 7) is 0.904. The van der Waals surface area contributed by atoms with Crippen LogP contribution in [0.15, 0.2) is 24.3 Å². The average Bonchev–Trinajstić information content (AvgIpc) is 3.29. The Labute approximate surface area is 129 Å². The predicted molar refractivity (Wildman–Crippen MR) is 80.1 cm³/mol. The van der Waals surface area contributed by atoms with Gasteiger partial charge in [-0.15, -0.1) is 0 Å². The number of aliphatic hydroxyl groups is 2. The molecule has 2 N–H and O–H groups in total. The molecule has 0 unspecified atom stereocenters. The molecule has 1 aliphatic carbocycles. The van der Waals surface area contributed by atoms with Crippen LogP contribution < -0.4 is 0 Å². The van der Waals surface area contributed by atoms with E-state index < -0.39 is 11.5 Å². The third-order valence-corrected chi connectivity index (χ3v) is 5.05. The van der Waals surface area contributed by atoms with Gasteiger partial charge in [0.1, 0.15) is 0 Å². The summed E-state index contributed by atoms with van der Waals surface area (Å²) in [5, 5.41) is 19.9. The zero-order valence-electron chi connectivity index (χ0n) is 11.8. The van der Waals surface area contributed by atoms with Crippen LogP contribution in [-0.4, -0.2) is 46.8 Å². The quantitative estimate of drug-likeness (QED) is 0.891. The summed E-state index contributed by atoms with van der Waals surface area (Å²) in [5.41, 5.74) is 0.590.